The van der Waals surface area contributed by atoms with Crippen molar-refractivity contribution in [1.29, 1.82) is 0 Å². The lowest BCUT2D eigenvalue weighted by Gasteiger charge is -2.37. The van der Waals surface area contributed by atoms with E-state index in [1.165, 1.54) is 37.1 Å². The molecule has 0 amide bonds. The monoisotopic (exact) mass is 310 g/mol. The van der Waals surface area contributed by atoms with E-state index in [1.807, 2.05) is 11.3 Å². The number of hydrogen-bond acceptors (Lipinski definition) is 3. The molecule has 0 aromatic carbocycles. The fourth-order valence-corrected chi connectivity index (χ4v) is 3.85. The van der Waals surface area contributed by atoms with Gasteiger partial charge in [-0.05, 0) is 56.6 Å². The van der Waals surface area contributed by atoms with Crippen molar-refractivity contribution in [3.05, 3.63) is 22.4 Å². The molecule has 21 heavy (non-hydrogen) atoms. The van der Waals surface area contributed by atoms with Crippen LogP contribution in [0, 0.1) is 5.41 Å². The van der Waals surface area contributed by atoms with Crippen molar-refractivity contribution in [3.8, 4) is 0 Å². The SMILES string of the molecule is CCCNCC(C)(CCC)CN(C)C(C)Cc1cccs1. The predicted molar refractivity (Wildman–Crippen MR) is 96.3 cm³/mol. The number of rotatable bonds is 11. The first-order chi connectivity index (χ1) is 10.0. The molecule has 0 bridgehead atoms. The minimum atomic E-state index is 0.377. The Kier molecular flexibility index (Phi) is 8.53. The van der Waals surface area contributed by atoms with Gasteiger partial charge in [-0.3, -0.25) is 0 Å². The minimum absolute atomic E-state index is 0.377. The van der Waals surface area contributed by atoms with E-state index in [0.717, 1.165) is 13.1 Å². The highest BCUT2D eigenvalue weighted by atomic mass is 32.1. The van der Waals surface area contributed by atoms with Crippen LogP contribution in [0.15, 0.2) is 17.5 Å². The molecule has 122 valence electrons. The molecule has 0 spiro atoms. The van der Waals surface area contributed by atoms with Crippen LogP contribution in [0.2, 0.25) is 0 Å². The zero-order valence-electron chi connectivity index (χ0n) is 14.6. The van der Waals surface area contributed by atoms with Gasteiger partial charge in [-0.15, -0.1) is 11.3 Å². The molecule has 0 aliphatic heterocycles. The van der Waals surface area contributed by atoms with Gasteiger partial charge < -0.3 is 10.2 Å². The van der Waals surface area contributed by atoms with E-state index in [-0.39, 0.29) is 0 Å². The van der Waals surface area contributed by atoms with Crippen LogP contribution in [-0.2, 0) is 6.42 Å². The fourth-order valence-electron chi connectivity index (χ4n) is 3.03. The molecule has 0 saturated heterocycles. The van der Waals surface area contributed by atoms with Gasteiger partial charge in [0.2, 0.25) is 0 Å². The summed E-state index contributed by atoms with van der Waals surface area (Å²) in [5, 5.41) is 5.80. The standard InChI is InChI=1S/C18H34N2S/c1-6-10-18(4,14-19-11-7-2)15-20(5)16(3)13-17-9-8-12-21-17/h8-9,12,16,19H,6-7,10-11,13-15H2,1-5H3. The predicted octanol–water partition coefficient (Wildman–Crippen LogP) is 4.42. The van der Waals surface area contributed by atoms with E-state index in [0.29, 0.717) is 11.5 Å². The molecule has 3 heteroatoms. The van der Waals surface area contributed by atoms with Crippen molar-refractivity contribution in [3.63, 3.8) is 0 Å². The van der Waals surface area contributed by atoms with Crippen molar-refractivity contribution < 1.29 is 0 Å². The normalized spacial score (nSPS) is 16.1. The van der Waals surface area contributed by atoms with Gasteiger partial charge in [0.05, 0.1) is 0 Å². The molecule has 0 aliphatic carbocycles. The maximum absolute atomic E-state index is 3.63. The molecule has 1 N–H and O–H groups in total. The van der Waals surface area contributed by atoms with E-state index in [1.54, 1.807) is 0 Å². The third-order valence-electron chi connectivity index (χ3n) is 4.29. The van der Waals surface area contributed by atoms with Crippen molar-refractivity contribution >= 4 is 11.3 Å². The molecule has 1 aromatic rings. The summed E-state index contributed by atoms with van der Waals surface area (Å²) in [5.74, 6) is 0. The van der Waals surface area contributed by atoms with E-state index in [4.69, 9.17) is 0 Å². The Morgan fingerprint density at radius 2 is 2.10 bits per heavy atom. The van der Waals surface area contributed by atoms with E-state index in [9.17, 15) is 0 Å². The number of nitrogens with one attached hydrogen (secondary N) is 1. The molecule has 2 atom stereocenters. The van der Waals surface area contributed by atoms with Crippen LogP contribution < -0.4 is 5.32 Å². The second-order valence-corrected chi connectivity index (χ2v) is 7.82. The molecule has 1 heterocycles. The smallest absolute Gasteiger partial charge is 0.0112 e. The molecule has 1 aromatic heterocycles. The number of nitrogens with zero attached hydrogens (tertiary/aromatic N) is 1. The van der Waals surface area contributed by atoms with Gasteiger partial charge in [0, 0.05) is 24.0 Å². The van der Waals surface area contributed by atoms with Crippen molar-refractivity contribution in [2.24, 2.45) is 5.41 Å². The first-order valence-electron chi connectivity index (χ1n) is 8.44. The molecule has 2 nitrogen and oxygen atoms in total. The van der Waals surface area contributed by atoms with Gasteiger partial charge in [-0.2, -0.15) is 0 Å². The van der Waals surface area contributed by atoms with Crippen LogP contribution in [0.25, 0.3) is 0 Å². The second kappa shape index (κ2) is 9.60. The molecular weight excluding hydrogens is 276 g/mol. The molecule has 0 radical (unpaired) electrons. The Balaban J connectivity index is 2.51. The molecule has 0 saturated carbocycles. The molecule has 0 fully saturated rings. The average Bonchev–Trinajstić information content (AvgIpc) is 2.92. The topological polar surface area (TPSA) is 15.3 Å². The first kappa shape index (κ1) is 18.7. The van der Waals surface area contributed by atoms with Gasteiger partial charge in [0.1, 0.15) is 0 Å². The maximum Gasteiger partial charge on any atom is 0.0112 e. The van der Waals surface area contributed by atoms with Gasteiger partial charge in [0.15, 0.2) is 0 Å². The molecule has 0 aliphatic rings. The summed E-state index contributed by atoms with van der Waals surface area (Å²) in [6.07, 6.45) is 4.93. The third-order valence-corrected chi connectivity index (χ3v) is 5.19. The Morgan fingerprint density at radius 1 is 1.33 bits per heavy atom. The zero-order valence-corrected chi connectivity index (χ0v) is 15.4. The lowest BCUT2D eigenvalue weighted by atomic mass is 9.84. The summed E-state index contributed by atoms with van der Waals surface area (Å²) < 4.78 is 0. The van der Waals surface area contributed by atoms with E-state index < -0.39 is 0 Å². The van der Waals surface area contributed by atoms with Gasteiger partial charge in [0.25, 0.3) is 0 Å². The number of likely N-dealkylation sites (N-methyl/N-ethyl adjacent to an activating group) is 1. The second-order valence-electron chi connectivity index (χ2n) is 6.79. The first-order valence-corrected chi connectivity index (χ1v) is 9.32. The quantitative estimate of drug-likeness (QED) is 0.609. The summed E-state index contributed by atoms with van der Waals surface area (Å²) in [7, 11) is 2.28. The average molecular weight is 311 g/mol. The molecule has 1 rings (SSSR count). The van der Waals surface area contributed by atoms with E-state index >= 15 is 0 Å². The Hall–Kier alpha value is -0.380. The Bertz CT molecular complexity index is 363. The van der Waals surface area contributed by atoms with Crippen LogP contribution in [0.3, 0.4) is 0 Å². The molecule has 2 unspecified atom stereocenters. The van der Waals surface area contributed by atoms with Crippen LogP contribution in [0.4, 0.5) is 0 Å². The molecular formula is C18H34N2S. The highest BCUT2D eigenvalue weighted by molar-refractivity contribution is 7.09. The summed E-state index contributed by atoms with van der Waals surface area (Å²) in [6, 6.07) is 5.01. The highest BCUT2D eigenvalue weighted by Gasteiger charge is 2.26. The zero-order chi connectivity index (χ0) is 15.7. The third kappa shape index (κ3) is 6.94. The van der Waals surface area contributed by atoms with Crippen LogP contribution >= 0.6 is 11.3 Å². The summed E-state index contributed by atoms with van der Waals surface area (Å²) >= 11 is 1.87. The Labute approximate surface area is 135 Å². The van der Waals surface area contributed by atoms with Crippen molar-refractivity contribution in [1.82, 2.24) is 10.2 Å². The van der Waals surface area contributed by atoms with Crippen LogP contribution in [0.5, 0.6) is 0 Å². The van der Waals surface area contributed by atoms with Crippen molar-refractivity contribution in [2.75, 3.05) is 26.7 Å². The fraction of sp³-hybridized carbons (Fsp3) is 0.778. The summed E-state index contributed by atoms with van der Waals surface area (Å²) in [6.45, 7) is 12.8. The van der Waals surface area contributed by atoms with Gasteiger partial charge in [-0.25, -0.2) is 0 Å². The van der Waals surface area contributed by atoms with Gasteiger partial charge in [-0.1, -0.05) is 33.3 Å². The summed E-state index contributed by atoms with van der Waals surface area (Å²) in [4.78, 5) is 4.04. The van der Waals surface area contributed by atoms with Gasteiger partial charge >= 0.3 is 0 Å². The number of hydrogen-bond donors (Lipinski definition) is 1. The largest absolute Gasteiger partial charge is 0.316 e. The maximum atomic E-state index is 3.63. The lowest BCUT2D eigenvalue weighted by molar-refractivity contribution is 0.142. The van der Waals surface area contributed by atoms with Crippen LogP contribution in [-0.4, -0.2) is 37.6 Å². The van der Waals surface area contributed by atoms with Crippen LogP contribution in [0.1, 0.15) is 51.8 Å². The number of thiophene rings is 1. The Morgan fingerprint density at radius 3 is 2.67 bits per heavy atom. The summed E-state index contributed by atoms with van der Waals surface area (Å²) in [5.41, 5.74) is 0.377. The lowest BCUT2D eigenvalue weighted by Crippen LogP contribution is -2.44. The van der Waals surface area contributed by atoms with E-state index in [2.05, 4.69) is 62.5 Å². The highest BCUT2D eigenvalue weighted by Crippen LogP contribution is 2.25. The van der Waals surface area contributed by atoms with Crippen molar-refractivity contribution in [2.45, 2.75) is 59.4 Å². The minimum Gasteiger partial charge on any atom is -0.316 e.